The summed E-state index contributed by atoms with van der Waals surface area (Å²) in [5, 5.41) is 6.98. The minimum Gasteiger partial charge on any atom is -0.374 e. The fraction of sp³-hybridized carbons (Fsp3) is 1.00. The van der Waals surface area contributed by atoms with E-state index >= 15 is 0 Å². The van der Waals surface area contributed by atoms with Crippen molar-refractivity contribution in [1.29, 1.82) is 0 Å². The van der Waals surface area contributed by atoms with E-state index in [1.807, 2.05) is 0 Å². The lowest BCUT2D eigenvalue weighted by molar-refractivity contribution is 0.0268. The number of rotatable bonds is 3. The average molecular weight is 198 g/mol. The Morgan fingerprint density at radius 1 is 1.21 bits per heavy atom. The summed E-state index contributed by atoms with van der Waals surface area (Å²) in [4.78, 5) is 0. The summed E-state index contributed by atoms with van der Waals surface area (Å²) in [6.07, 6.45) is 7.36. The minimum absolute atomic E-state index is 0.394. The normalized spacial score (nSPS) is 30.4. The highest BCUT2D eigenvalue weighted by atomic mass is 16.5. The molecule has 82 valence electrons. The third kappa shape index (κ3) is 3.23. The first-order valence-electron chi connectivity index (χ1n) is 6.01. The molecular weight excluding hydrogens is 176 g/mol. The number of nitrogens with one attached hydrogen (secondary N) is 2. The van der Waals surface area contributed by atoms with Gasteiger partial charge in [-0.2, -0.15) is 0 Å². The molecule has 14 heavy (non-hydrogen) atoms. The molecule has 3 nitrogen and oxygen atoms in total. The smallest absolute Gasteiger partial charge is 0.0824 e. The van der Waals surface area contributed by atoms with Crippen molar-refractivity contribution in [2.45, 2.75) is 44.2 Å². The van der Waals surface area contributed by atoms with Gasteiger partial charge in [-0.25, -0.2) is 0 Å². The van der Waals surface area contributed by atoms with E-state index < -0.39 is 0 Å². The molecule has 1 saturated carbocycles. The molecule has 0 aromatic carbocycles. The first-order chi connectivity index (χ1) is 6.95. The molecule has 2 N–H and O–H groups in total. The molecule has 1 saturated heterocycles. The summed E-state index contributed by atoms with van der Waals surface area (Å²) in [6, 6.07) is 0.759. The zero-order valence-corrected chi connectivity index (χ0v) is 8.93. The quantitative estimate of drug-likeness (QED) is 0.707. The first-order valence-corrected chi connectivity index (χ1v) is 6.01. The van der Waals surface area contributed by atoms with Crippen LogP contribution in [0.1, 0.15) is 32.1 Å². The van der Waals surface area contributed by atoms with Crippen LogP contribution in [0.2, 0.25) is 0 Å². The molecule has 2 rings (SSSR count). The predicted octanol–water partition coefficient (Wildman–Crippen LogP) is 0.897. The molecule has 2 fully saturated rings. The summed E-state index contributed by atoms with van der Waals surface area (Å²) in [5.74, 6) is 0. The van der Waals surface area contributed by atoms with Gasteiger partial charge in [-0.3, -0.25) is 0 Å². The van der Waals surface area contributed by atoms with E-state index in [-0.39, 0.29) is 0 Å². The molecule has 0 aromatic heterocycles. The van der Waals surface area contributed by atoms with Crippen molar-refractivity contribution in [2.24, 2.45) is 0 Å². The average Bonchev–Trinajstić information content (AvgIpc) is 2.29. The molecule has 1 unspecified atom stereocenters. The Bertz CT molecular complexity index is 133. The van der Waals surface area contributed by atoms with E-state index in [0.29, 0.717) is 6.10 Å². The molecule has 3 heteroatoms. The highest BCUT2D eigenvalue weighted by Gasteiger charge is 2.17. The van der Waals surface area contributed by atoms with Crippen LogP contribution in [-0.4, -0.2) is 38.4 Å². The number of hydrogen-bond acceptors (Lipinski definition) is 3. The molecule has 0 radical (unpaired) electrons. The van der Waals surface area contributed by atoms with Crippen LogP contribution in [0, 0.1) is 0 Å². The third-order valence-corrected chi connectivity index (χ3v) is 3.24. The van der Waals surface area contributed by atoms with Crippen LogP contribution >= 0.6 is 0 Å². The van der Waals surface area contributed by atoms with Crippen LogP contribution < -0.4 is 10.6 Å². The Kier molecular flexibility index (Phi) is 4.22. The molecule has 1 heterocycles. The van der Waals surface area contributed by atoms with E-state index in [4.69, 9.17) is 4.74 Å². The van der Waals surface area contributed by atoms with Gasteiger partial charge in [0.15, 0.2) is 0 Å². The van der Waals surface area contributed by atoms with Gasteiger partial charge < -0.3 is 15.4 Å². The Morgan fingerprint density at radius 3 is 2.79 bits per heavy atom. The summed E-state index contributed by atoms with van der Waals surface area (Å²) in [5.41, 5.74) is 0. The van der Waals surface area contributed by atoms with Crippen LogP contribution in [0.4, 0.5) is 0 Å². The zero-order valence-electron chi connectivity index (χ0n) is 8.93. The SMILES string of the molecule is C1CCC(NCC2CNCCO2)CC1. The summed E-state index contributed by atoms with van der Waals surface area (Å²) >= 11 is 0. The van der Waals surface area contributed by atoms with Crippen LogP contribution in [0.5, 0.6) is 0 Å². The molecule has 0 spiro atoms. The highest BCUT2D eigenvalue weighted by molar-refractivity contribution is 4.76. The van der Waals surface area contributed by atoms with Gasteiger partial charge in [-0.15, -0.1) is 0 Å². The number of morpholine rings is 1. The van der Waals surface area contributed by atoms with Crippen LogP contribution in [0.15, 0.2) is 0 Å². The molecule has 0 bridgehead atoms. The molecule has 1 atom stereocenters. The maximum absolute atomic E-state index is 5.64. The van der Waals surface area contributed by atoms with Gasteiger partial charge in [0, 0.05) is 25.7 Å². The minimum atomic E-state index is 0.394. The van der Waals surface area contributed by atoms with Crippen molar-refractivity contribution in [2.75, 3.05) is 26.2 Å². The van der Waals surface area contributed by atoms with Gasteiger partial charge >= 0.3 is 0 Å². The highest BCUT2D eigenvalue weighted by Crippen LogP contribution is 2.17. The van der Waals surface area contributed by atoms with Crippen molar-refractivity contribution in [1.82, 2.24) is 10.6 Å². The van der Waals surface area contributed by atoms with E-state index in [1.165, 1.54) is 32.1 Å². The lowest BCUT2D eigenvalue weighted by atomic mass is 9.95. The van der Waals surface area contributed by atoms with Gasteiger partial charge in [0.05, 0.1) is 12.7 Å². The topological polar surface area (TPSA) is 33.3 Å². The third-order valence-electron chi connectivity index (χ3n) is 3.24. The second-order valence-electron chi connectivity index (χ2n) is 4.44. The Balaban J connectivity index is 1.60. The van der Waals surface area contributed by atoms with Crippen molar-refractivity contribution in [3.63, 3.8) is 0 Å². The number of hydrogen-bond donors (Lipinski definition) is 2. The number of ether oxygens (including phenoxy) is 1. The van der Waals surface area contributed by atoms with Crippen LogP contribution in [-0.2, 0) is 4.74 Å². The monoisotopic (exact) mass is 198 g/mol. The van der Waals surface area contributed by atoms with Crippen molar-refractivity contribution >= 4 is 0 Å². The van der Waals surface area contributed by atoms with E-state index in [2.05, 4.69) is 10.6 Å². The fourth-order valence-electron chi connectivity index (χ4n) is 2.36. The van der Waals surface area contributed by atoms with Crippen LogP contribution in [0.3, 0.4) is 0 Å². The second kappa shape index (κ2) is 5.69. The lowest BCUT2D eigenvalue weighted by Gasteiger charge is -2.28. The van der Waals surface area contributed by atoms with Gasteiger partial charge in [-0.1, -0.05) is 19.3 Å². The molecule has 0 aromatic rings. The Labute approximate surface area is 86.6 Å². The summed E-state index contributed by atoms with van der Waals surface area (Å²) < 4.78 is 5.64. The van der Waals surface area contributed by atoms with Gasteiger partial charge in [0.1, 0.15) is 0 Å². The van der Waals surface area contributed by atoms with Gasteiger partial charge in [-0.05, 0) is 12.8 Å². The summed E-state index contributed by atoms with van der Waals surface area (Å²) in [6.45, 7) is 3.92. The second-order valence-corrected chi connectivity index (χ2v) is 4.44. The van der Waals surface area contributed by atoms with E-state index in [0.717, 1.165) is 32.3 Å². The standard InChI is InChI=1S/C11H22N2O/c1-2-4-10(5-3-1)13-9-11-8-12-6-7-14-11/h10-13H,1-9H2. The fourth-order valence-corrected chi connectivity index (χ4v) is 2.36. The molecule has 2 aliphatic rings. The lowest BCUT2D eigenvalue weighted by Crippen LogP contribution is -2.46. The molecule has 1 aliphatic carbocycles. The van der Waals surface area contributed by atoms with E-state index in [1.54, 1.807) is 0 Å². The largest absolute Gasteiger partial charge is 0.374 e. The van der Waals surface area contributed by atoms with Gasteiger partial charge in [0.2, 0.25) is 0 Å². The van der Waals surface area contributed by atoms with Crippen molar-refractivity contribution in [3.8, 4) is 0 Å². The van der Waals surface area contributed by atoms with Crippen LogP contribution in [0.25, 0.3) is 0 Å². The Morgan fingerprint density at radius 2 is 2.07 bits per heavy atom. The van der Waals surface area contributed by atoms with Crippen molar-refractivity contribution < 1.29 is 4.74 Å². The molecular formula is C11H22N2O. The van der Waals surface area contributed by atoms with E-state index in [9.17, 15) is 0 Å². The maximum atomic E-state index is 5.64. The Hall–Kier alpha value is -0.120. The zero-order chi connectivity index (χ0) is 9.64. The maximum Gasteiger partial charge on any atom is 0.0824 e. The predicted molar refractivity (Wildman–Crippen MR) is 57.5 cm³/mol. The van der Waals surface area contributed by atoms with Crippen molar-refractivity contribution in [3.05, 3.63) is 0 Å². The molecule has 1 aliphatic heterocycles. The van der Waals surface area contributed by atoms with Gasteiger partial charge in [0.25, 0.3) is 0 Å². The summed E-state index contributed by atoms with van der Waals surface area (Å²) in [7, 11) is 0. The molecule has 0 amide bonds. The first kappa shape index (κ1) is 10.4.